The predicted octanol–water partition coefficient (Wildman–Crippen LogP) is 1.54. The molecule has 0 spiro atoms. The highest BCUT2D eigenvalue weighted by molar-refractivity contribution is 5.58. The second-order valence-electron chi connectivity index (χ2n) is 4.52. The molecule has 7 nitrogen and oxygen atoms in total. The van der Waals surface area contributed by atoms with Gasteiger partial charge >= 0.3 is 0 Å². The second-order valence-corrected chi connectivity index (χ2v) is 4.52. The summed E-state index contributed by atoms with van der Waals surface area (Å²) in [6.45, 7) is 4.44. The average Bonchev–Trinajstić information content (AvgIpc) is 3.04. The molecule has 0 unspecified atom stereocenters. The maximum Gasteiger partial charge on any atom is 0.292 e. The van der Waals surface area contributed by atoms with Gasteiger partial charge in [0.25, 0.3) is 6.47 Å². The Bertz CT molecular complexity index is 760. The third kappa shape index (κ3) is 3.07. The van der Waals surface area contributed by atoms with Crippen molar-refractivity contribution < 1.29 is 9.53 Å². The molecule has 0 aliphatic heterocycles. The van der Waals surface area contributed by atoms with Crippen molar-refractivity contribution in [2.24, 2.45) is 7.05 Å². The lowest BCUT2D eigenvalue weighted by Crippen LogP contribution is -1.92. The van der Waals surface area contributed by atoms with Gasteiger partial charge in [-0.2, -0.15) is 5.10 Å². The Morgan fingerprint density at radius 1 is 1.24 bits per heavy atom. The molecule has 0 aromatic carbocycles. The molecule has 0 saturated carbocycles. The number of hydrogen-bond acceptors (Lipinski definition) is 5. The van der Waals surface area contributed by atoms with Crippen LogP contribution in [0.25, 0.3) is 16.9 Å². The van der Waals surface area contributed by atoms with E-state index in [1.54, 1.807) is 10.9 Å². The summed E-state index contributed by atoms with van der Waals surface area (Å²) in [6.07, 6.45) is 7.56. The van der Waals surface area contributed by atoms with Gasteiger partial charge < -0.3 is 9.14 Å². The summed E-state index contributed by atoms with van der Waals surface area (Å²) in [5.41, 5.74) is 4.99. The van der Waals surface area contributed by atoms with Crippen LogP contribution in [0.15, 0.2) is 24.8 Å². The van der Waals surface area contributed by atoms with Gasteiger partial charge in [-0.1, -0.05) is 0 Å². The summed E-state index contributed by atoms with van der Waals surface area (Å²) >= 11 is 0. The maximum atomic E-state index is 8.95. The van der Waals surface area contributed by atoms with Gasteiger partial charge in [-0.3, -0.25) is 14.5 Å². The number of imidazole rings is 1. The van der Waals surface area contributed by atoms with Gasteiger partial charge in [0.1, 0.15) is 0 Å². The Labute approximate surface area is 122 Å². The van der Waals surface area contributed by atoms with E-state index in [1.807, 2.05) is 32.6 Å². The molecule has 0 fully saturated rings. The van der Waals surface area contributed by atoms with Crippen molar-refractivity contribution in [3.63, 3.8) is 0 Å². The van der Waals surface area contributed by atoms with Gasteiger partial charge in [-0.25, -0.2) is 4.98 Å². The van der Waals surface area contributed by atoms with Crippen LogP contribution in [0.4, 0.5) is 0 Å². The molecule has 21 heavy (non-hydrogen) atoms. The summed E-state index contributed by atoms with van der Waals surface area (Å²) in [7, 11) is 3.21. The van der Waals surface area contributed by atoms with Crippen LogP contribution in [0, 0.1) is 13.8 Å². The first kappa shape index (κ1) is 14.7. The van der Waals surface area contributed by atoms with E-state index in [0.717, 1.165) is 28.3 Å². The van der Waals surface area contributed by atoms with E-state index in [2.05, 4.69) is 31.1 Å². The van der Waals surface area contributed by atoms with E-state index in [-0.39, 0.29) is 0 Å². The van der Waals surface area contributed by atoms with Crippen LogP contribution < -0.4 is 0 Å². The molecule has 0 bridgehead atoms. The summed E-state index contributed by atoms with van der Waals surface area (Å²) < 4.78 is 7.69. The van der Waals surface area contributed by atoms with Crippen molar-refractivity contribution in [3.05, 3.63) is 36.2 Å². The van der Waals surface area contributed by atoms with Gasteiger partial charge in [0.15, 0.2) is 5.65 Å². The standard InChI is InChI=1S/C12H13N5.C2H4O2/c1-8-9(2)17-7-11(13-5-12(17)15-8)10-4-14-16(3)6-10;1-4-2-3/h4-7H,1-3H3;2H,1H3. The molecule has 0 atom stereocenters. The Morgan fingerprint density at radius 3 is 2.52 bits per heavy atom. The van der Waals surface area contributed by atoms with Gasteiger partial charge in [-0.15, -0.1) is 0 Å². The van der Waals surface area contributed by atoms with Crippen LogP contribution in [0.1, 0.15) is 11.4 Å². The lowest BCUT2D eigenvalue weighted by atomic mass is 10.3. The number of carbonyl (C=O) groups excluding carboxylic acids is 1. The zero-order valence-corrected chi connectivity index (χ0v) is 12.4. The average molecular weight is 287 g/mol. The van der Waals surface area contributed by atoms with Crippen molar-refractivity contribution in [1.82, 2.24) is 24.1 Å². The number of aromatic nitrogens is 5. The lowest BCUT2D eigenvalue weighted by molar-refractivity contribution is -0.126. The molecule has 3 aromatic heterocycles. The third-order valence-corrected chi connectivity index (χ3v) is 3.08. The first-order chi connectivity index (χ1) is 10.1. The highest BCUT2D eigenvalue weighted by Gasteiger charge is 2.07. The molecule has 0 saturated heterocycles. The van der Waals surface area contributed by atoms with Crippen LogP contribution in [0.5, 0.6) is 0 Å². The van der Waals surface area contributed by atoms with Crippen LogP contribution >= 0.6 is 0 Å². The fourth-order valence-electron chi connectivity index (χ4n) is 1.89. The van der Waals surface area contributed by atoms with Gasteiger partial charge in [0.2, 0.25) is 0 Å². The third-order valence-electron chi connectivity index (χ3n) is 3.08. The molecular weight excluding hydrogens is 270 g/mol. The minimum absolute atomic E-state index is 0.375. The molecular formula is C14H17N5O2. The van der Waals surface area contributed by atoms with Crippen molar-refractivity contribution in [2.45, 2.75) is 13.8 Å². The van der Waals surface area contributed by atoms with Crippen molar-refractivity contribution in [3.8, 4) is 11.3 Å². The Balaban J connectivity index is 0.000000361. The topological polar surface area (TPSA) is 74.3 Å². The molecule has 0 amide bonds. The van der Waals surface area contributed by atoms with Crippen LogP contribution in [-0.4, -0.2) is 37.7 Å². The fourth-order valence-corrected chi connectivity index (χ4v) is 1.89. The quantitative estimate of drug-likeness (QED) is 0.668. The van der Waals surface area contributed by atoms with E-state index in [0.29, 0.717) is 6.47 Å². The van der Waals surface area contributed by atoms with E-state index >= 15 is 0 Å². The number of nitrogens with zero attached hydrogens (tertiary/aromatic N) is 5. The minimum Gasteiger partial charge on any atom is -0.471 e. The molecule has 0 aliphatic rings. The number of aryl methyl sites for hydroxylation is 3. The summed E-state index contributed by atoms with van der Waals surface area (Å²) in [5, 5.41) is 4.15. The van der Waals surface area contributed by atoms with Gasteiger partial charge in [0, 0.05) is 30.7 Å². The number of carbonyl (C=O) groups is 1. The van der Waals surface area contributed by atoms with E-state index < -0.39 is 0 Å². The number of ether oxygens (including phenoxy) is 1. The van der Waals surface area contributed by atoms with Crippen LogP contribution in [0.2, 0.25) is 0 Å². The zero-order chi connectivity index (χ0) is 15.4. The van der Waals surface area contributed by atoms with Gasteiger partial charge in [-0.05, 0) is 13.8 Å². The minimum atomic E-state index is 0.375. The molecule has 0 radical (unpaired) electrons. The van der Waals surface area contributed by atoms with Crippen molar-refractivity contribution in [2.75, 3.05) is 7.11 Å². The molecule has 3 heterocycles. The van der Waals surface area contributed by atoms with Crippen molar-refractivity contribution in [1.29, 1.82) is 0 Å². The molecule has 110 valence electrons. The summed E-state index contributed by atoms with van der Waals surface area (Å²) in [4.78, 5) is 17.8. The molecule has 3 rings (SSSR count). The lowest BCUT2D eigenvalue weighted by Gasteiger charge is -1.99. The highest BCUT2D eigenvalue weighted by Crippen LogP contribution is 2.18. The van der Waals surface area contributed by atoms with Crippen LogP contribution in [0.3, 0.4) is 0 Å². The smallest absolute Gasteiger partial charge is 0.292 e. The van der Waals surface area contributed by atoms with Gasteiger partial charge in [0.05, 0.1) is 30.9 Å². The van der Waals surface area contributed by atoms with E-state index in [4.69, 9.17) is 4.79 Å². The predicted molar refractivity (Wildman–Crippen MR) is 77.7 cm³/mol. The fraction of sp³-hybridized carbons (Fsp3) is 0.286. The number of rotatable bonds is 2. The maximum absolute atomic E-state index is 8.95. The van der Waals surface area contributed by atoms with E-state index in [9.17, 15) is 0 Å². The molecule has 0 aliphatic carbocycles. The Morgan fingerprint density at radius 2 is 1.95 bits per heavy atom. The van der Waals surface area contributed by atoms with Crippen molar-refractivity contribution >= 4 is 12.1 Å². The highest BCUT2D eigenvalue weighted by atomic mass is 16.5. The number of hydrogen-bond donors (Lipinski definition) is 0. The first-order valence-corrected chi connectivity index (χ1v) is 6.33. The normalized spacial score (nSPS) is 10.1. The molecule has 0 N–H and O–H groups in total. The Kier molecular flexibility index (Phi) is 4.32. The SMILES string of the molecule is COC=O.Cc1nc2cnc(-c3cnn(C)c3)cn2c1C. The molecule has 3 aromatic rings. The van der Waals surface area contributed by atoms with E-state index in [1.165, 1.54) is 7.11 Å². The first-order valence-electron chi connectivity index (χ1n) is 6.33. The number of fused-ring (bicyclic) bond motifs is 1. The largest absolute Gasteiger partial charge is 0.471 e. The number of methoxy groups -OCH3 is 1. The summed E-state index contributed by atoms with van der Waals surface area (Å²) in [5.74, 6) is 0. The molecule has 7 heteroatoms. The second kappa shape index (κ2) is 6.17. The zero-order valence-electron chi connectivity index (χ0n) is 12.4. The Hall–Kier alpha value is -2.70. The summed E-state index contributed by atoms with van der Waals surface area (Å²) in [6, 6.07) is 0. The monoisotopic (exact) mass is 287 g/mol. The van der Waals surface area contributed by atoms with Crippen LogP contribution in [-0.2, 0) is 16.6 Å².